The fourth-order valence-electron chi connectivity index (χ4n) is 1.11. The molecule has 0 heterocycles. The number of benzene rings is 1. The number of hydrogen-bond donors (Lipinski definition) is 2. The number of halogens is 2. The Morgan fingerprint density at radius 2 is 2.08 bits per heavy atom. The van der Waals surface area contributed by atoms with Gasteiger partial charge in [-0.1, -0.05) is 0 Å². The third kappa shape index (κ3) is 2.39. The van der Waals surface area contributed by atoms with Gasteiger partial charge in [0.25, 0.3) is 0 Å². The number of phenolic OH excluding ortho intramolecular Hbond substituents is 1. The highest BCUT2D eigenvalue weighted by Crippen LogP contribution is 2.22. The number of rotatable bonds is 2. The second kappa shape index (κ2) is 3.70. The highest BCUT2D eigenvalue weighted by molar-refractivity contribution is 5.34. The van der Waals surface area contributed by atoms with Gasteiger partial charge in [-0.05, 0) is 13.3 Å². The zero-order valence-electron chi connectivity index (χ0n) is 7.22. The molecule has 0 bridgehead atoms. The summed E-state index contributed by atoms with van der Waals surface area (Å²) in [5.74, 6) is -1.92. The average molecular weight is 187 g/mol. The predicted molar refractivity (Wildman–Crippen MR) is 45.4 cm³/mol. The number of phenols is 1. The minimum absolute atomic E-state index is 0.0661. The van der Waals surface area contributed by atoms with Crippen molar-refractivity contribution in [3.8, 4) is 5.75 Å². The van der Waals surface area contributed by atoms with Gasteiger partial charge in [0.2, 0.25) is 0 Å². The van der Waals surface area contributed by atoms with Gasteiger partial charge in [0.05, 0.1) is 0 Å². The normalized spacial score (nSPS) is 12.9. The van der Waals surface area contributed by atoms with E-state index in [2.05, 4.69) is 0 Å². The van der Waals surface area contributed by atoms with Crippen molar-refractivity contribution in [3.05, 3.63) is 29.3 Å². The Hall–Kier alpha value is -1.16. The lowest BCUT2D eigenvalue weighted by Gasteiger charge is -2.08. The van der Waals surface area contributed by atoms with E-state index in [1.807, 2.05) is 0 Å². The van der Waals surface area contributed by atoms with Crippen LogP contribution in [0, 0.1) is 11.6 Å². The SMILES string of the molecule is CC(N)Cc1c(O)cc(F)cc1F. The molecule has 1 unspecified atom stereocenters. The molecule has 0 saturated carbocycles. The Morgan fingerprint density at radius 3 is 2.54 bits per heavy atom. The van der Waals surface area contributed by atoms with E-state index in [9.17, 15) is 13.9 Å². The first-order chi connectivity index (χ1) is 6.00. The van der Waals surface area contributed by atoms with Crippen molar-refractivity contribution < 1.29 is 13.9 Å². The standard InChI is InChI=1S/C9H11F2NO/c1-5(12)2-7-8(11)3-6(10)4-9(7)13/h3-5,13H,2,12H2,1H3. The van der Waals surface area contributed by atoms with Crippen molar-refractivity contribution in [1.29, 1.82) is 0 Å². The molecule has 4 heteroatoms. The van der Waals surface area contributed by atoms with Gasteiger partial charge in [-0.3, -0.25) is 0 Å². The number of aromatic hydroxyl groups is 1. The Balaban J connectivity index is 3.06. The molecule has 72 valence electrons. The second-order valence-electron chi connectivity index (χ2n) is 3.07. The first-order valence-electron chi connectivity index (χ1n) is 3.93. The zero-order chi connectivity index (χ0) is 10.0. The van der Waals surface area contributed by atoms with E-state index in [1.165, 1.54) is 0 Å². The van der Waals surface area contributed by atoms with E-state index in [-0.39, 0.29) is 23.8 Å². The maximum absolute atomic E-state index is 13.0. The molecule has 0 aliphatic rings. The molecule has 0 aromatic heterocycles. The Labute approximate surface area is 75.0 Å². The summed E-state index contributed by atoms with van der Waals surface area (Å²) in [5, 5.41) is 9.19. The lowest BCUT2D eigenvalue weighted by atomic mass is 10.1. The fraction of sp³-hybridized carbons (Fsp3) is 0.333. The van der Waals surface area contributed by atoms with Crippen LogP contribution in [0.4, 0.5) is 8.78 Å². The first-order valence-corrected chi connectivity index (χ1v) is 3.93. The monoisotopic (exact) mass is 187 g/mol. The maximum Gasteiger partial charge on any atom is 0.133 e. The fourth-order valence-corrected chi connectivity index (χ4v) is 1.11. The maximum atomic E-state index is 13.0. The predicted octanol–water partition coefficient (Wildman–Crippen LogP) is 1.56. The van der Waals surface area contributed by atoms with Crippen LogP contribution in [-0.2, 0) is 6.42 Å². The molecule has 0 spiro atoms. The molecule has 0 aliphatic heterocycles. The van der Waals surface area contributed by atoms with E-state index in [0.717, 1.165) is 12.1 Å². The minimum atomic E-state index is -0.788. The van der Waals surface area contributed by atoms with Gasteiger partial charge in [-0.15, -0.1) is 0 Å². The summed E-state index contributed by atoms with van der Waals surface area (Å²) >= 11 is 0. The van der Waals surface area contributed by atoms with Gasteiger partial charge in [-0.25, -0.2) is 8.78 Å². The summed E-state index contributed by atoms with van der Waals surface area (Å²) in [6.07, 6.45) is 0.192. The van der Waals surface area contributed by atoms with Crippen LogP contribution in [0.3, 0.4) is 0 Å². The van der Waals surface area contributed by atoms with E-state index < -0.39 is 11.6 Å². The van der Waals surface area contributed by atoms with Crippen LogP contribution in [0.1, 0.15) is 12.5 Å². The van der Waals surface area contributed by atoms with Crippen LogP contribution in [-0.4, -0.2) is 11.1 Å². The largest absolute Gasteiger partial charge is 0.507 e. The van der Waals surface area contributed by atoms with Gasteiger partial charge >= 0.3 is 0 Å². The van der Waals surface area contributed by atoms with E-state index >= 15 is 0 Å². The van der Waals surface area contributed by atoms with Gasteiger partial charge < -0.3 is 10.8 Å². The number of hydrogen-bond acceptors (Lipinski definition) is 2. The van der Waals surface area contributed by atoms with Crippen LogP contribution < -0.4 is 5.73 Å². The summed E-state index contributed by atoms with van der Waals surface area (Å²) < 4.78 is 25.5. The Morgan fingerprint density at radius 1 is 1.46 bits per heavy atom. The summed E-state index contributed by atoms with van der Waals surface area (Å²) in [4.78, 5) is 0. The van der Waals surface area contributed by atoms with Gasteiger partial charge in [0.1, 0.15) is 17.4 Å². The molecule has 0 amide bonds. The van der Waals surface area contributed by atoms with Crippen molar-refractivity contribution in [2.24, 2.45) is 5.73 Å². The van der Waals surface area contributed by atoms with Crippen molar-refractivity contribution in [3.63, 3.8) is 0 Å². The van der Waals surface area contributed by atoms with E-state index in [1.54, 1.807) is 6.92 Å². The topological polar surface area (TPSA) is 46.2 Å². The number of nitrogens with two attached hydrogens (primary N) is 1. The third-order valence-corrected chi connectivity index (χ3v) is 1.66. The highest BCUT2D eigenvalue weighted by Gasteiger charge is 2.11. The van der Waals surface area contributed by atoms with Crippen LogP contribution in [0.5, 0.6) is 5.75 Å². The van der Waals surface area contributed by atoms with Crippen molar-refractivity contribution >= 4 is 0 Å². The molecule has 1 aromatic rings. The lowest BCUT2D eigenvalue weighted by Crippen LogP contribution is -2.18. The van der Waals surface area contributed by atoms with Crippen molar-refractivity contribution in [1.82, 2.24) is 0 Å². The molecular formula is C9H11F2NO. The zero-order valence-corrected chi connectivity index (χ0v) is 7.22. The van der Waals surface area contributed by atoms with Crippen LogP contribution >= 0.6 is 0 Å². The van der Waals surface area contributed by atoms with Crippen molar-refractivity contribution in [2.45, 2.75) is 19.4 Å². The third-order valence-electron chi connectivity index (χ3n) is 1.66. The molecule has 0 saturated heterocycles. The molecular weight excluding hydrogens is 176 g/mol. The summed E-state index contributed by atoms with van der Waals surface area (Å²) in [6, 6.07) is 1.34. The molecule has 1 atom stereocenters. The lowest BCUT2D eigenvalue weighted by molar-refractivity contribution is 0.446. The van der Waals surface area contributed by atoms with Crippen LogP contribution in [0.25, 0.3) is 0 Å². The summed E-state index contributed by atoms with van der Waals surface area (Å²) in [6.45, 7) is 1.68. The minimum Gasteiger partial charge on any atom is -0.507 e. The molecule has 0 aliphatic carbocycles. The molecule has 1 rings (SSSR count). The van der Waals surface area contributed by atoms with Crippen LogP contribution in [0.15, 0.2) is 12.1 Å². The average Bonchev–Trinajstić information content (AvgIpc) is 1.96. The Kier molecular flexibility index (Phi) is 2.83. The smallest absolute Gasteiger partial charge is 0.133 e. The van der Waals surface area contributed by atoms with E-state index in [0.29, 0.717) is 0 Å². The van der Waals surface area contributed by atoms with Gasteiger partial charge in [-0.2, -0.15) is 0 Å². The molecule has 13 heavy (non-hydrogen) atoms. The van der Waals surface area contributed by atoms with E-state index in [4.69, 9.17) is 5.73 Å². The quantitative estimate of drug-likeness (QED) is 0.738. The molecule has 1 aromatic carbocycles. The highest BCUT2D eigenvalue weighted by atomic mass is 19.1. The molecule has 0 fully saturated rings. The second-order valence-corrected chi connectivity index (χ2v) is 3.07. The molecule has 2 nitrogen and oxygen atoms in total. The summed E-state index contributed by atoms with van der Waals surface area (Å²) in [5.41, 5.74) is 5.49. The molecule has 0 radical (unpaired) electrons. The Bertz CT molecular complexity index is 289. The first kappa shape index (κ1) is 9.92. The van der Waals surface area contributed by atoms with Crippen LogP contribution in [0.2, 0.25) is 0 Å². The van der Waals surface area contributed by atoms with Gasteiger partial charge in [0, 0.05) is 23.7 Å². The molecule has 3 N–H and O–H groups in total. The summed E-state index contributed by atoms with van der Waals surface area (Å²) in [7, 11) is 0. The van der Waals surface area contributed by atoms with Gasteiger partial charge in [0.15, 0.2) is 0 Å². The van der Waals surface area contributed by atoms with Crippen molar-refractivity contribution in [2.75, 3.05) is 0 Å².